The molecular formula is C53H80ClF3O9. The summed E-state index contributed by atoms with van der Waals surface area (Å²) in [5.74, 6) is 1.02. The molecule has 3 aromatic carbocycles. The Hall–Kier alpha value is -4.45. The summed E-state index contributed by atoms with van der Waals surface area (Å²) in [7, 11) is 0. The normalized spacial score (nSPS) is 11.4. The molecule has 0 heterocycles. The van der Waals surface area contributed by atoms with Crippen molar-refractivity contribution < 1.29 is 56.7 Å². The lowest BCUT2D eigenvalue weighted by Gasteiger charge is -2.23. The first kappa shape index (κ1) is 61.5. The SMILES string of the molecule is CC(C)COC(=O)C(C)(C)CCCCl.Cc1cc(F)c(C)cc1O.Cc1cc(OCCCC(C)(C)C(=O)O)c(C)cc1F.Cc1cc(OCCCC(C)(C)C(=O)OCC(C)C)c(C)cc1F. The van der Waals surface area contributed by atoms with E-state index in [9.17, 15) is 27.6 Å². The van der Waals surface area contributed by atoms with Gasteiger partial charge in [0, 0.05) is 5.88 Å². The van der Waals surface area contributed by atoms with Gasteiger partial charge in [-0.3, -0.25) is 14.4 Å². The van der Waals surface area contributed by atoms with Gasteiger partial charge >= 0.3 is 17.9 Å². The number of phenolic OH excluding ortho intramolecular Hbond substituents is 1. The van der Waals surface area contributed by atoms with E-state index in [1.54, 1.807) is 60.6 Å². The van der Waals surface area contributed by atoms with Gasteiger partial charge in [-0.25, -0.2) is 13.2 Å². The highest BCUT2D eigenvalue weighted by Gasteiger charge is 2.30. The number of rotatable bonds is 20. The van der Waals surface area contributed by atoms with Crippen LogP contribution in [0.2, 0.25) is 0 Å². The van der Waals surface area contributed by atoms with Crippen molar-refractivity contribution in [1.29, 1.82) is 0 Å². The second-order valence-corrected chi connectivity index (χ2v) is 20.1. The van der Waals surface area contributed by atoms with Crippen LogP contribution in [0.1, 0.15) is 141 Å². The number of esters is 2. The van der Waals surface area contributed by atoms with Gasteiger partial charge in [-0.2, -0.15) is 0 Å². The van der Waals surface area contributed by atoms with Crippen LogP contribution in [0.25, 0.3) is 0 Å². The molecule has 3 rings (SSSR count). The number of aliphatic carboxylic acids is 1. The second-order valence-electron chi connectivity index (χ2n) is 19.8. The zero-order chi connectivity index (χ0) is 51.2. The van der Waals surface area contributed by atoms with Crippen molar-refractivity contribution in [3.05, 3.63) is 87.2 Å². The molecule has 0 aromatic heterocycles. The van der Waals surface area contributed by atoms with Crippen LogP contribution in [0.15, 0.2) is 36.4 Å². The average Bonchev–Trinajstić information content (AvgIpc) is 3.21. The molecule has 0 amide bonds. The van der Waals surface area contributed by atoms with Gasteiger partial charge in [0.1, 0.15) is 34.7 Å². The Morgan fingerprint density at radius 2 is 0.879 bits per heavy atom. The van der Waals surface area contributed by atoms with E-state index in [4.69, 9.17) is 40.8 Å². The number of alkyl halides is 1. The number of benzene rings is 3. The molecule has 0 fully saturated rings. The smallest absolute Gasteiger partial charge is 0.311 e. The lowest BCUT2D eigenvalue weighted by Crippen LogP contribution is -2.28. The summed E-state index contributed by atoms with van der Waals surface area (Å²) in [6.07, 6.45) is 4.25. The van der Waals surface area contributed by atoms with E-state index in [-0.39, 0.29) is 35.1 Å². The van der Waals surface area contributed by atoms with Crippen molar-refractivity contribution in [3.63, 3.8) is 0 Å². The number of hydrogen-bond donors (Lipinski definition) is 2. The van der Waals surface area contributed by atoms with Gasteiger partial charge < -0.3 is 29.2 Å². The van der Waals surface area contributed by atoms with E-state index in [0.717, 1.165) is 30.4 Å². The van der Waals surface area contributed by atoms with Gasteiger partial charge in [-0.05, 0) is 203 Å². The maximum atomic E-state index is 13.4. The van der Waals surface area contributed by atoms with E-state index in [1.165, 1.54) is 24.3 Å². The summed E-state index contributed by atoms with van der Waals surface area (Å²) in [6, 6.07) is 9.07. The largest absolute Gasteiger partial charge is 0.508 e. The summed E-state index contributed by atoms with van der Waals surface area (Å²) in [5, 5.41) is 18.0. The van der Waals surface area contributed by atoms with E-state index < -0.39 is 22.2 Å². The molecule has 3 aromatic rings. The number of halogens is 4. The molecule has 0 radical (unpaired) electrons. The number of ether oxygens (including phenoxy) is 4. The zero-order valence-electron chi connectivity index (χ0n) is 42.7. The van der Waals surface area contributed by atoms with Gasteiger partial charge in [-0.1, -0.05) is 27.7 Å². The Morgan fingerprint density at radius 3 is 1.21 bits per heavy atom. The predicted octanol–water partition coefficient (Wildman–Crippen LogP) is 13.9. The first-order valence-electron chi connectivity index (χ1n) is 22.8. The Labute approximate surface area is 399 Å². The molecule has 0 aliphatic heterocycles. The van der Waals surface area contributed by atoms with Crippen molar-refractivity contribution >= 4 is 29.5 Å². The highest BCUT2D eigenvalue weighted by molar-refractivity contribution is 6.17. The minimum atomic E-state index is -0.804. The van der Waals surface area contributed by atoms with E-state index in [0.29, 0.717) is 97.2 Å². The monoisotopic (exact) mass is 953 g/mol. The minimum Gasteiger partial charge on any atom is -0.508 e. The van der Waals surface area contributed by atoms with E-state index in [2.05, 4.69) is 0 Å². The molecule has 0 atom stereocenters. The number of aromatic hydroxyl groups is 1. The van der Waals surface area contributed by atoms with Crippen LogP contribution in [-0.4, -0.2) is 60.4 Å². The second kappa shape index (κ2) is 29.3. The van der Waals surface area contributed by atoms with Gasteiger partial charge in [0.05, 0.1) is 42.7 Å². The third-order valence-corrected chi connectivity index (χ3v) is 10.8. The Kier molecular flexibility index (Phi) is 27.4. The van der Waals surface area contributed by atoms with Gasteiger partial charge in [0.15, 0.2) is 0 Å². The molecule has 0 bridgehead atoms. The average molecular weight is 954 g/mol. The highest BCUT2D eigenvalue weighted by atomic mass is 35.5. The maximum absolute atomic E-state index is 13.4. The third-order valence-electron chi connectivity index (χ3n) is 10.5. The minimum absolute atomic E-state index is 0.115. The van der Waals surface area contributed by atoms with Gasteiger partial charge in [0.25, 0.3) is 0 Å². The fraction of sp³-hybridized carbons (Fsp3) is 0.604. The molecule has 0 spiro atoms. The summed E-state index contributed by atoms with van der Waals surface area (Å²) in [4.78, 5) is 34.6. The maximum Gasteiger partial charge on any atom is 0.311 e. The number of carboxylic acids is 1. The van der Waals surface area contributed by atoms with Crippen LogP contribution in [0.5, 0.6) is 17.2 Å². The van der Waals surface area contributed by atoms with Crippen LogP contribution < -0.4 is 9.47 Å². The molecular weight excluding hydrogens is 873 g/mol. The molecule has 0 saturated carbocycles. The molecule has 0 aliphatic carbocycles. The fourth-order valence-corrected chi connectivity index (χ4v) is 5.81. The van der Waals surface area contributed by atoms with Crippen LogP contribution in [0, 0.1) is 87.1 Å². The number of carbonyl (C=O) groups is 3. The summed E-state index contributed by atoms with van der Waals surface area (Å²) in [5.41, 5.74) is 2.04. The zero-order valence-corrected chi connectivity index (χ0v) is 43.4. The van der Waals surface area contributed by atoms with E-state index >= 15 is 0 Å². The molecule has 0 unspecified atom stereocenters. The van der Waals surface area contributed by atoms with Crippen molar-refractivity contribution in [3.8, 4) is 17.2 Å². The summed E-state index contributed by atoms with van der Waals surface area (Å²) in [6.45, 7) is 31.3. The number of aryl methyl sites for hydroxylation is 6. The topological polar surface area (TPSA) is 129 Å². The number of carbonyl (C=O) groups excluding carboxylic acids is 2. The van der Waals surface area contributed by atoms with Crippen LogP contribution in [0.3, 0.4) is 0 Å². The lowest BCUT2D eigenvalue weighted by molar-refractivity contribution is -0.156. The quantitative estimate of drug-likeness (QED) is 0.0646. The molecule has 0 saturated heterocycles. The predicted molar refractivity (Wildman–Crippen MR) is 259 cm³/mol. The fourth-order valence-electron chi connectivity index (χ4n) is 5.67. The third kappa shape index (κ3) is 23.8. The molecule has 66 heavy (non-hydrogen) atoms. The van der Waals surface area contributed by atoms with Crippen molar-refractivity contribution in [2.24, 2.45) is 28.1 Å². The standard InChI is InChI=1S/C19H29FO3.C15H21FO3.C11H21ClO2.C8H9FO/c1-13(2)12-23-18(21)19(5,6)8-7-9-22-17-11-14(3)16(20)10-15(17)4;1-10-9-13(11(2)8-12(10)16)19-7-5-6-15(3,4)14(17)18;1-9(2)8-14-10(13)11(3,4)6-5-7-12;1-5-4-8(10)6(2)3-7(5)9/h10-11,13H,7-9,12H2,1-6H3;8-9H,5-7H2,1-4H3,(H,17,18);9H,5-8H2,1-4H3;3-4,10H,1-2H3. The first-order chi connectivity index (χ1) is 30.4. The summed E-state index contributed by atoms with van der Waals surface area (Å²) < 4.78 is 61.1. The molecule has 9 nitrogen and oxygen atoms in total. The lowest BCUT2D eigenvalue weighted by atomic mass is 9.88. The number of carboxylic acid groups (broad SMARTS) is 1. The summed E-state index contributed by atoms with van der Waals surface area (Å²) >= 11 is 5.59. The highest BCUT2D eigenvalue weighted by Crippen LogP contribution is 2.28. The Balaban J connectivity index is 0.000000889. The molecule has 374 valence electrons. The van der Waals surface area contributed by atoms with Crippen LogP contribution in [0.4, 0.5) is 13.2 Å². The first-order valence-corrected chi connectivity index (χ1v) is 23.3. The van der Waals surface area contributed by atoms with Crippen molar-refractivity contribution in [1.82, 2.24) is 0 Å². The number of hydrogen-bond acceptors (Lipinski definition) is 8. The van der Waals surface area contributed by atoms with Crippen molar-refractivity contribution in [2.45, 2.75) is 149 Å². The van der Waals surface area contributed by atoms with Gasteiger partial charge in [-0.15, -0.1) is 11.6 Å². The van der Waals surface area contributed by atoms with Crippen LogP contribution in [-0.2, 0) is 23.9 Å². The molecule has 13 heteroatoms. The Morgan fingerprint density at radius 1 is 0.545 bits per heavy atom. The molecule has 0 aliphatic rings. The number of phenols is 1. The molecule has 2 N–H and O–H groups in total. The van der Waals surface area contributed by atoms with Crippen molar-refractivity contribution in [2.75, 3.05) is 32.3 Å². The van der Waals surface area contributed by atoms with Crippen LogP contribution >= 0.6 is 11.6 Å². The van der Waals surface area contributed by atoms with Gasteiger partial charge in [0.2, 0.25) is 0 Å². The van der Waals surface area contributed by atoms with E-state index in [1.807, 2.05) is 62.3 Å². The Bertz CT molecular complexity index is 1930.